The molecule has 2 unspecified atom stereocenters. The van der Waals surface area contributed by atoms with Crippen LogP contribution in [0.1, 0.15) is 34.7 Å². The summed E-state index contributed by atoms with van der Waals surface area (Å²) in [6, 6.07) is 23.2. The van der Waals surface area contributed by atoms with Crippen LogP contribution in [-0.4, -0.2) is 25.1 Å². The Hall–Kier alpha value is -5.35. The molecule has 0 amide bonds. The fourth-order valence-electron chi connectivity index (χ4n) is 5.79. The van der Waals surface area contributed by atoms with Gasteiger partial charge < -0.3 is 18.3 Å². The maximum absolute atomic E-state index is 6.70. The molecule has 7 aromatic heterocycles. The lowest BCUT2D eigenvalue weighted by Crippen LogP contribution is -2.46. The molecule has 7 aromatic rings. The number of pyridine rings is 2. The molecule has 198 valence electrons. The molecule has 0 N–H and O–H groups in total. The summed E-state index contributed by atoms with van der Waals surface area (Å²) in [6.07, 6.45) is 10.2. The lowest BCUT2D eigenvalue weighted by Gasteiger charge is -2.40. The third-order valence-electron chi connectivity index (χ3n) is 7.29. The molecular formula is C31H20N6O3S. The van der Waals surface area contributed by atoms with Crippen LogP contribution in [0, 0.1) is 0 Å². The van der Waals surface area contributed by atoms with Crippen molar-refractivity contribution in [3.05, 3.63) is 144 Å². The van der Waals surface area contributed by atoms with E-state index in [1.54, 1.807) is 54.7 Å². The van der Waals surface area contributed by atoms with Gasteiger partial charge in [-0.05, 0) is 60.0 Å². The first kappa shape index (κ1) is 23.5. The summed E-state index contributed by atoms with van der Waals surface area (Å²) in [4.78, 5) is 21.1. The first-order valence-electron chi connectivity index (χ1n) is 12.9. The Morgan fingerprint density at radius 3 is 2.41 bits per heavy atom. The molecular weight excluding hydrogens is 536 g/mol. The van der Waals surface area contributed by atoms with E-state index in [-0.39, 0.29) is 0 Å². The monoisotopic (exact) mass is 556 g/mol. The number of fused-ring (bicyclic) bond motifs is 1. The van der Waals surface area contributed by atoms with Crippen molar-refractivity contribution >= 4 is 38.7 Å². The summed E-state index contributed by atoms with van der Waals surface area (Å²) in [5, 5.41) is 7.48. The number of thiophene rings is 1. The molecule has 10 heteroatoms. The summed E-state index contributed by atoms with van der Waals surface area (Å²) in [7, 11) is 0. The highest BCUT2D eigenvalue weighted by atomic mass is 32.1. The second kappa shape index (κ2) is 9.39. The van der Waals surface area contributed by atoms with Gasteiger partial charge in [0.2, 0.25) is 0 Å². The Morgan fingerprint density at radius 1 is 0.780 bits per heavy atom. The van der Waals surface area contributed by atoms with Crippen LogP contribution in [0.25, 0.3) is 22.4 Å². The van der Waals surface area contributed by atoms with E-state index in [0.717, 1.165) is 27.5 Å². The molecule has 0 aliphatic carbocycles. The van der Waals surface area contributed by atoms with Crippen molar-refractivity contribution in [3.63, 3.8) is 0 Å². The lowest BCUT2D eigenvalue weighted by atomic mass is 9.75. The third-order valence-corrected chi connectivity index (χ3v) is 8.15. The quantitative estimate of drug-likeness (QED) is 0.219. The highest BCUT2D eigenvalue weighted by Gasteiger charge is 2.62. The first-order chi connectivity index (χ1) is 20.4. The van der Waals surface area contributed by atoms with Gasteiger partial charge in [0, 0.05) is 42.5 Å². The second-order valence-corrected chi connectivity index (χ2v) is 10.4. The van der Waals surface area contributed by atoms with Crippen LogP contribution in [0.3, 0.4) is 0 Å². The molecule has 1 aliphatic rings. The summed E-state index contributed by atoms with van der Waals surface area (Å²) < 4.78 is 18.5. The Kier molecular flexibility index (Phi) is 5.39. The van der Waals surface area contributed by atoms with E-state index in [4.69, 9.17) is 28.3 Å². The van der Waals surface area contributed by atoms with Gasteiger partial charge in [0.25, 0.3) is 0 Å². The lowest BCUT2D eigenvalue weighted by molar-refractivity contribution is 0.316. The topological polar surface area (TPSA) is 107 Å². The second-order valence-electron chi connectivity index (χ2n) is 9.43. The van der Waals surface area contributed by atoms with Gasteiger partial charge in [-0.15, -0.1) is 11.3 Å². The van der Waals surface area contributed by atoms with Crippen molar-refractivity contribution in [1.29, 1.82) is 0 Å². The number of aromatic nitrogens is 5. The maximum atomic E-state index is 6.70. The number of rotatable bonds is 6. The minimum atomic E-state index is -1.13. The van der Waals surface area contributed by atoms with Crippen LogP contribution < -0.4 is 4.90 Å². The number of furan rings is 2. The normalized spacial score (nSPS) is 18.9. The molecule has 0 aromatic carbocycles. The van der Waals surface area contributed by atoms with E-state index in [0.29, 0.717) is 28.6 Å². The molecule has 8 rings (SSSR count). The number of anilines is 1. The molecule has 0 spiro atoms. The van der Waals surface area contributed by atoms with Crippen molar-refractivity contribution in [3.8, 4) is 0 Å². The van der Waals surface area contributed by atoms with Gasteiger partial charge in [-0.3, -0.25) is 9.97 Å². The Bertz CT molecular complexity index is 1830. The average molecular weight is 557 g/mol. The van der Waals surface area contributed by atoms with E-state index >= 15 is 0 Å². The van der Waals surface area contributed by atoms with Gasteiger partial charge in [0.15, 0.2) is 16.9 Å². The van der Waals surface area contributed by atoms with E-state index in [9.17, 15) is 0 Å². The van der Waals surface area contributed by atoms with Crippen LogP contribution in [0.4, 0.5) is 5.00 Å². The molecule has 2 atom stereocenters. The summed E-state index contributed by atoms with van der Waals surface area (Å²) >= 11 is 1.60. The Morgan fingerprint density at radius 2 is 1.68 bits per heavy atom. The zero-order valence-corrected chi connectivity index (χ0v) is 22.2. The zero-order valence-electron chi connectivity index (χ0n) is 21.4. The van der Waals surface area contributed by atoms with Crippen molar-refractivity contribution < 1.29 is 13.4 Å². The number of nitrogens with zero attached hydrogens (tertiary/aromatic N) is 6. The van der Waals surface area contributed by atoms with Crippen LogP contribution in [-0.2, 0) is 5.54 Å². The summed E-state index contributed by atoms with van der Waals surface area (Å²) in [6.45, 7) is 0. The third kappa shape index (κ3) is 3.51. The van der Waals surface area contributed by atoms with Crippen molar-refractivity contribution in [2.45, 2.75) is 11.5 Å². The molecule has 1 aliphatic heterocycles. The fourth-order valence-corrected chi connectivity index (χ4v) is 6.59. The molecule has 0 bridgehead atoms. The van der Waals surface area contributed by atoms with Crippen LogP contribution in [0.15, 0.2) is 129 Å². The van der Waals surface area contributed by atoms with E-state index in [2.05, 4.69) is 21.1 Å². The number of hydrogen-bond acceptors (Lipinski definition) is 10. The molecule has 0 saturated carbocycles. The average Bonchev–Trinajstić information content (AvgIpc) is 3.85. The zero-order chi connectivity index (χ0) is 27.2. The molecule has 0 fully saturated rings. The highest BCUT2D eigenvalue weighted by molar-refractivity contribution is 7.14. The van der Waals surface area contributed by atoms with E-state index < -0.39 is 11.5 Å². The highest BCUT2D eigenvalue weighted by Crippen LogP contribution is 2.63. The molecule has 8 heterocycles. The van der Waals surface area contributed by atoms with Crippen molar-refractivity contribution in [2.24, 2.45) is 0 Å². The Labute approximate surface area is 237 Å². The standard InChI is InChI=1S/C31H20N6O3S/c1-2-12-32-21(7-1)29-27(30-34-14-6-15-35-30)28(20-11-17-39-36-20)31(24-9-4-16-38-24,37(29)26-10-5-18-41-26)25-19-22-23(40-25)8-3-13-33-22/h1-19,28H. The summed E-state index contributed by atoms with van der Waals surface area (Å²) in [5.41, 5.74) is 3.25. The van der Waals surface area contributed by atoms with Gasteiger partial charge >= 0.3 is 0 Å². The van der Waals surface area contributed by atoms with E-state index in [1.807, 2.05) is 66.0 Å². The van der Waals surface area contributed by atoms with Crippen LogP contribution in [0.5, 0.6) is 0 Å². The van der Waals surface area contributed by atoms with Crippen molar-refractivity contribution in [1.82, 2.24) is 25.1 Å². The Balaban J connectivity index is 1.58. The molecule has 0 radical (unpaired) electrons. The van der Waals surface area contributed by atoms with Gasteiger partial charge in [0.1, 0.15) is 23.3 Å². The van der Waals surface area contributed by atoms with Gasteiger partial charge in [-0.1, -0.05) is 11.2 Å². The number of hydrogen-bond donors (Lipinski definition) is 0. The SMILES string of the molecule is c1ccc(C2=C(c3ncccn3)C(c3ccon3)C(c3ccco3)(c3cc4ncccc4o3)N2c2cccs2)nc1. The van der Waals surface area contributed by atoms with Crippen molar-refractivity contribution in [2.75, 3.05) is 4.90 Å². The predicted octanol–water partition coefficient (Wildman–Crippen LogP) is 6.77. The van der Waals surface area contributed by atoms with Gasteiger partial charge in [-0.2, -0.15) is 0 Å². The van der Waals surface area contributed by atoms with E-state index in [1.165, 1.54) is 0 Å². The smallest absolute Gasteiger partial charge is 0.174 e. The predicted molar refractivity (Wildman–Crippen MR) is 153 cm³/mol. The fraction of sp³-hybridized carbons (Fsp3) is 0.0645. The first-order valence-corrected chi connectivity index (χ1v) is 13.8. The van der Waals surface area contributed by atoms with Gasteiger partial charge in [0.05, 0.1) is 34.3 Å². The molecule has 0 saturated heterocycles. The van der Waals surface area contributed by atoms with Crippen LogP contribution in [0.2, 0.25) is 0 Å². The maximum Gasteiger partial charge on any atom is 0.174 e. The minimum absolute atomic E-state index is 0.533. The minimum Gasteiger partial charge on any atom is -0.466 e. The molecule has 9 nitrogen and oxygen atoms in total. The molecule has 41 heavy (non-hydrogen) atoms. The van der Waals surface area contributed by atoms with Crippen LogP contribution >= 0.6 is 11.3 Å². The summed E-state index contributed by atoms with van der Waals surface area (Å²) in [5.74, 6) is 1.24. The van der Waals surface area contributed by atoms with Gasteiger partial charge in [-0.25, -0.2) is 9.97 Å². The largest absolute Gasteiger partial charge is 0.466 e.